The van der Waals surface area contributed by atoms with Crippen molar-refractivity contribution in [3.05, 3.63) is 17.0 Å². The third-order valence-electron chi connectivity index (χ3n) is 3.45. The van der Waals surface area contributed by atoms with Crippen molar-refractivity contribution in [3.8, 4) is 0 Å². The number of aromatic nitrogens is 2. The maximum atomic E-state index is 5.97. The molecular weight excluding hydrogens is 248 g/mol. The molecule has 4 nitrogen and oxygen atoms in total. The Morgan fingerprint density at radius 1 is 1.44 bits per heavy atom. The Hall–Kier alpha value is -0.870. The molecule has 2 heterocycles. The smallest absolute Gasteiger partial charge is 0.134 e. The van der Waals surface area contributed by atoms with E-state index < -0.39 is 0 Å². The summed E-state index contributed by atoms with van der Waals surface area (Å²) in [5.41, 5.74) is 0. The maximum absolute atomic E-state index is 5.97. The van der Waals surface area contributed by atoms with Crippen LogP contribution in [0.4, 0.5) is 5.82 Å². The molecule has 1 unspecified atom stereocenters. The SMILES string of the molecule is CCc1nc(Cl)cc(NCC2CCN(CC)C2)n1. The molecule has 1 fully saturated rings. The highest BCUT2D eigenvalue weighted by atomic mass is 35.5. The first-order valence-corrected chi connectivity index (χ1v) is 7.08. The minimum absolute atomic E-state index is 0.519. The van der Waals surface area contributed by atoms with Crippen molar-refractivity contribution in [3.63, 3.8) is 0 Å². The fourth-order valence-electron chi connectivity index (χ4n) is 2.33. The van der Waals surface area contributed by atoms with Crippen LogP contribution < -0.4 is 5.32 Å². The minimum Gasteiger partial charge on any atom is -0.370 e. The molecule has 0 aliphatic carbocycles. The molecule has 0 spiro atoms. The second kappa shape index (κ2) is 6.34. The van der Waals surface area contributed by atoms with E-state index in [-0.39, 0.29) is 0 Å². The summed E-state index contributed by atoms with van der Waals surface area (Å²) < 4.78 is 0. The Kier molecular flexibility index (Phi) is 4.78. The summed E-state index contributed by atoms with van der Waals surface area (Å²) in [5.74, 6) is 2.36. The first-order chi connectivity index (χ1) is 8.71. The predicted octanol–water partition coefficient (Wildman–Crippen LogP) is 2.45. The van der Waals surface area contributed by atoms with E-state index in [1.54, 1.807) is 6.07 Å². The van der Waals surface area contributed by atoms with Crippen LogP contribution in [0.1, 0.15) is 26.1 Å². The van der Waals surface area contributed by atoms with E-state index in [1.165, 1.54) is 19.5 Å². The fourth-order valence-corrected chi connectivity index (χ4v) is 2.53. The highest BCUT2D eigenvalue weighted by Gasteiger charge is 2.20. The molecule has 0 aromatic carbocycles. The van der Waals surface area contributed by atoms with E-state index in [9.17, 15) is 0 Å². The summed E-state index contributed by atoms with van der Waals surface area (Å²) in [6.07, 6.45) is 2.07. The lowest BCUT2D eigenvalue weighted by atomic mass is 10.1. The molecule has 0 radical (unpaired) electrons. The lowest BCUT2D eigenvalue weighted by Gasteiger charge is -2.14. The zero-order valence-corrected chi connectivity index (χ0v) is 11.9. The van der Waals surface area contributed by atoms with E-state index in [0.717, 1.165) is 31.2 Å². The van der Waals surface area contributed by atoms with Gasteiger partial charge in [0.1, 0.15) is 16.8 Å². The van der Waals surface area contributed by atoms with Gasteiger partial charge in [-0.25, -0.2) is 9.97 Å². The van der Waals surface area contributed by atoms with Crippen molar-refractivity contribution in [2.45, 2.75) is 26.7 Å². The van der Waals surface area contributed by atoms with Crippen molar-refractivity contribution < 1.29 is 0 Å². The zero-order valence-electron chi connectivity index (χ0n) is 11.1. The lowest BCUT2D eigenvalue weighted by Crippen LogP contribution is -2.22. The van der Waals surface area contributed by atoms with Crippen LogP contribution in [0.3, 0.4) is 0 Å². The normalized spacial score (nSPS) is 20.3. The topological polar surface area (TPSA) is 41.1 Å². The largest absolute Gasteiger partial charge is 0.370 e. The minimum atomic E-state index is 0.519. The maximum Gasteiger partial charge on any atom is 0.134 e. The van der Waals surface area contributed by atoms with Gasteiger partial charge in [0.15, 0.2) is 0 Å². The Morgan fingerprint density at radius 3 is 2.94 bits per heavy atom. The molecule has 1 aliphatic heterocycles. The van der Waals surface area contributed by atoms with Gasteiger partial charge in [0.25, 0.3) is 0 Å². The molecule has 1 N–H and O–H groups in total. The van der Waals surface area contributed by atoms with Gasteiger partial charge in [0.2, 0.25) is 0 Å². The third kappa shape index (κ3) is 3.56. The quantitative estimate of drug-likeness (QED) is 0.833. The summed E-state index contributed by atoms with van der Waals surface area (Å²) in [6.45, 7) is 8.76. The van der Waals surface area contributed by atoms with Crippen molar-refractivity contribution in [1.82, 2.24) is 14.9 Å². The van der Waals surface area contributed by atoms with Crippen molar-refractivity contribution in [2.24, 2.45) is 5.92 Å². The summed E-state index contributed by atoms with van der Waals surface area (Å²) in [4.78, 5) is 11.1. The number of rotatable bonds is 5. The van der Waals surface area contributed by atoms with Crippen LogP contribution in [0.5, 0.6) is 0 Å². The number of likely N-dealkylation sites (tertiary alicyclic amines) is 1. The number of nitrogens with zero attached hydrogens (tertiary/aromatic N) is 3. The highest BCUT2D eigenvalue weighted by Crippen LogP contribution is 2.17. The molecule has 0 amide bonds. The molecule has 2 rings (SSSR count). The van der Waals surface area contributed by atoms with Gasteiger partial charge in [0.05, 0.1) is 0 Å². The van der Waals surface area contributed by atoms with Crippen LogP contribution in [0.25, 0.3) is 0 Å². The van der Waals surface area contributed by atoms with Crippen LogP contribution >= 0.6 is 11.6 Å². The second-order valence-electron chi connectivity index (χ2n) is 4.77. The number of anilines is 1. The number of hydrogen-bond donors (Lipinski definition) is 1. The van der Waals surface area contributed by atoms with E-state index in [1.807, 2.05) is 6.92 Å². The molecule has 1 aromatic rings. The molecule has 1 aliphatic rings. The van der Waals surface area contributed by atoms with Crippen LogP contribution in [0.15, 0.2) is 6.07 Å². The van der Waals surface area contributed by atoms with E-state index in [2.05, 4.69) is 27.1 Å². The van der Waals surface area contributed by atoms with Crippen molar-refractivity contribution >= 4 is 17.4 Å². The van der Waals surface area contributed by atoms with Gasteiger partial charge < -0.3 is 10.2 Å². The molecule has 0 saturated carbocycles. The van der Waals surface area contributed by atoms with Crippen LogP contribution in [0.2, 0.25) is 5.15 Å². The van der Waals surface area contributed by atoms with Crippen LogP contribution in [-0.4, -0.2) is 41.0 Å². The van der Waals surface area contributed by atoms with Crippen molar-refractivity contribution in [2.75, 3.05) is 31.5 Å². The number of hydrogen-bond acceptors (Lipinski definition) is 4. The predicted molar refractivity (Wildman–Crippen MR) is 75.1 cm³/mol. The summed E-state index contributed by atoms with van der Waals surface area (Å²) in [6, 6.07) is 1.80. The molecule has 1 aromatic heterocycles. The van der Waals surface area contributed by atoms with Gasteiger partial charge in [0, 0.05) is 25.6 Å². The average molecular weight is 269 g/mol. The summed E-state index contributed by atoms with van der Waals surface area (Å²) in [7, 11) is 0. The first-order valence-electron chi connectivity index (χ1n) is 6.71. The highest BCUT2D eigenvalue weighted by molar-refractivity contribution is 6.29. The molecule has 1 atom stereocenters. The van der Waals surface area contributed by atoms with Crippen LogP contribution in [-0.2, 0) is 6.42 Å². The van der Waals surface area contributed by atoms with Gasteiger partial charge in [-0.05, 0) is 25.4 Å². The zero-order chi connectivity index (χ0) is 13.0. The molecule has 1 saturated heterocycles. The molecule has 100 valence electrons. The lowest BCUT2D eigenvalue weighted by molar-refractivity contribution is 0.345. The summed E-state index contributed by atoms with van der Waals surface area (Å²) >= 11 is 5.97. The van der Waals surface area contributed by atoms with Gasteiger partial charge in [-0.3, -0.25) is 0 Å². The first kappa shape index (κ1) is 13.6. The van der Waals surface area contributed by atoms with Gasteiger partial charge in [-0.15, -0.1) is 0 Å². The Bertz CT molecular complexity index is 397. The Labute approximate surface area is 114 Å². The second-order valence-corrected chi connectivity index (χ2v) is 5.16. The van der Waals surface area contributed by atoms with E-state index >= 15 is 0 Å². The van der Waals surface area contributed by atoms with Crippen LogP contribution in [0, 0.1) is 5.92 Å². The Balaban J connectivity index is 1.88. The van der Waals surface area contributed by atoms with Crippen molar-refractivity contribution in [1.29, 1.82) is 0 Å². The number of nitrogens with one attached hydrogen (secondary N) is 1. The van der Waals surface area contributed by atoms with E-state index in [0.29, 0.717) is 11.1 Å². The fraction of sp³-hybridized carbons (Fsp3) is 0.692. The molecule has 18 heavy (non-hydrogen) atoms. The number of aryl methyl sites for hydroxylation is 1. The van der Waals surface area contributed by atoms with E-state index in [4.69, 9.17) is 11.6 Å². The number of halogens is 1. The summed E-state index contributed by atoms with van der Waals surface area (Å²) in [5, 5.41) is 3.90. The molecular formula is C13H21ClN4. The monoisotopic (exact) mass is 268 g/mol. The standard InChI is InChI=1S/C13H21ClN4/c1-3-12-16-11(14)7-13(17-12)15-8-10-5-6-18(4-2)9-10/h7,10H,3-6,8-9H2,1-2H3,(H,15,16,17). The third-order valence-corrected chi connectivity index (χ3v) is 3.64. The van der Waals surface area contributed by atoms with Gasteiger partial charge >= 0.3 is 0 Å². The molecule has 5 heteroatoms. The molecule has 0 bridgehead atoms. The average Bonchev–Trinajstić information content (AvgIpc) is 2.83. The van der Waals surface area contributed by atoms with Gasteiger partial charge in [-0.1, -0.05) is 25.4 Å². The van der Waals surface area contributed by atoms with Gasteiger partial charge in [-0.2, -0.15) is 0 Å². The Morgan fingerprint density at radius 2 is 2.28 bits per heavy atom.